The van der Waals surface area contributed by atoms with Gasteiger partial charge in [0.05, 0.1) is 11.9 Å². The summed E-state index contributed by atoms with van der Waals surface area (Å²) in [4.78, 5) is 40.0. The minimum atomic E-state index is -0.320. The Morgan fingerprint density at radius 3 is 2.27 bits per heavy atom. The Morgan fingerprint density at radius 1 is 0.933 bits per heavy atom. The number of imide groups is 1. The van der Waals surface area contributed by atoms with Crippen LogP contribution in [0.25, 0.3) is 0 Å². The summed E-state index contributed by atoms with van der Waals surface area (Å²) < 4.78 is 0. The summed E-state index contributed by atoms with van der Waals surface area (Å²) in [7, 11) is 1.61. The van der Waals surface area contributed by atoms with Gasteiger partial charge in [-0.05, 0) is 55.7 Å². The molecule has 2 aliphatic carbocycles. The van der Waals surface area contributed by atoms with Crippen LogP contribution in [0.1, 0.15) is 43.6 Å². The molecule has 0 bridgehead atoms. The summed E-state index contributed by atoms with van der Waals surface area (Å²) in [6, 6.07) is 3.87. The van der Waals surface area contributed by atoms with Crippen LogP contribution in [0.3, 0.4) is 0 Å². The number of hydrogen-bond donors (Lipinski definition) is 2. The first-order valence-corrected chi connectivity index (χ1v) is 10.5. The first kappa shape index (κ1) is 18.8. The zero-order valence-electron chi connectivity index (χ0n) is 16.9. The maximum atomic E-state index is 12.1. The Morgan fingerprint density at radius 2 is 1.67 bits per heavy atom. The molecule has 3 heterocycles. The molecule has 30 heavy (non-hydrogen) atoms. The number of carbonyl (C=O) groups is 2. The van der Waals surface area contributed by atoms with Crippen LogP contribution in [0.2, 0.25) is 0 Å². The number of amides is 3. The maximum Gasteiger partial charge on any atom is 0.331 e. The van der Waals surface area contributed by atoms with Gasteiger partial charge in [-0.2, -0.15) is 0 Å². The third-order valence-electron chi connectivity index (χ3n) is 5.98. The lowest BCUT2D eigenvalue weighted by Crippen LogP contribution is -2.31. The van der Waals surface area contributed by atoms with Gasteiger partial charge in [-0.25, -0.2) is 24.6 Å². The lowest BCUT2D eigenvalue weighted by Gasteiger charge is -2.17. The minimum Gasteiger partial charge on any atom is -0.367 e. The largest absolute Gasteiger partial charge is 0.367 e. The van der Waals surface area contributed by atoms with Crippen LogP contribution in [-0.2, 0) is 4.79 Å². The van der Waals surface area contributed by atoms with Crippen molar-refractivity contribution in [3.05, 3.63) is 36.3 Å². The van der Waals surface area contributed by atoms with E-state index in [2.05, 4.69) is 25.6 Å². The molecule has 156 valence electrons. The Labute approximate surface area is 174 Å². The van der Waals surface area contributed by atoms with Gasteiger partial charge in [0.15, 0.2) is 0 Å². The quantitative estimate of drug-likeness (QED) is 0.710. The zero-order chi connectivity index (χ0) is 20.7. The second kappa shape index (κ2) is 7.55. The van der Waals surface area contributed by atoms with Gasteiger partial charge >= 0.3 is 6.03 Å². The third kappa shape index (κ3) is 3.79. The standard InChI is InChI=1S/C21H25N7O2/c1-27-12-19(29)28(21(27)30)17-6-7-18(22-11-17)25-15-4-5-16(8-15)26-20-23-9-14(10-24-20)13-2-3-13/h6-7,9-11,13,15-16H,2-5,8,12H2,1H3,(H,22,25)(H,23,24,26)/t15-,16-/m0/s1. The van der Waals surface area contributed by atoms with E-state index >= 15 is 0 Å². The molecule has 3 aliphatic rings. The Hall–Kier alpha value is -3.23. The second-order valence-corrected chi connectivity index (χ2v) is 8.38. The number of rotatable bonds is 6. The molecule has 3 amide bonds. The predicted octanol–water partition coefficient (Wildman–Crippen LogP) is 2.59. The topological polar surface area (TPSA) is 103 Å². The molecule has 2 atom stereocenters. The molecular formula is C21H25N7O2. The number of hydrogen-bond acceptors (Lipinski definition) is 7. The number of carbonyl (C=O) groups excluding carboxylic acids is 2. The average molecular weight is 407 g/mol. The van der Waals surface area contributed by atoms with Crippen LogP contribution < -0.4 is 15.5 Å². The van der Waals surface area contributed by atoms with Crippen molar-refractivity contribution in [3.63, 3.8) is 0 Å². The summed E-state index contributed by atoms with van der Waals surface area (Å²) in [5.41, 5.74) is 1.74. The van der Waals surface area contributed by atoms with Crippen LogP contribution >= 0.6 is 0 Å². The summed E-state index contributed by atoms with van der Waals surface area (Å²) >= 11 is 0. The first-order valence-electron chi connectivity index (χ1n) is 10.5. The van der Waals surface area contributed by atoms with E-state index in [1.807, 2.05) is 18.5 Å². The fraction of sp³-hybridized carbons (Fsp3) is 0.476. The van der Waals surface area contributed by atoms with Crippen molar-refractivity contribution in [1.29, 1.82) is 0 Å². The number of urea groups is 1. The van der Waals surface area contributed by atoms with E-state index in [0.29, 0.717) is 29.6 Å². The van der Waals surface area contributed by atoms with Crippen molar-refractivity contribution in [1.82, 2.24) is 19.9 Å². The number of nitrogens with zero attached hydrogens (tertiary/aromatic N) is 5. The molecule has 0 aromatic carbocycles. The van der Waals surface area contributed by atoms with Crippen molar-refractivity contribution in [2.75, 3.05) is 29.1 Å². The highest BCUT2D eigenvalue weighted by atomic mass is 16.2. The highest BCUT2D eigenvalue weighted by Crippen LogP contribution is 2.39. The lowest BCUT2D eigenvalue weighted by atomic mass is 10.2. The average Bonchev–Trinajstić information content (AvgIpc) is 3.45. The van der Waals surface area contributed by atoms with E-state index in [0.717, 1.165) is 25.1 Å². The molecule has 3 fully saturated rings. The van der Waals surface area contributed by atoms with E-state index in [1.165, 1.54) is 28.2 Å². The van der Waals surface area contributed by atoms with Crippen molar-refractivity contribution < 1.29 is 9.59 Å². The van der Waals surface area contributed by atoms with Gasteiger partial charge in [0.2, 0.25) is 5.95 Å². The Balaban J connectivity index is 1.15. The molecule has 9 nitrogen and oxygen atoms in total. The van der Waals surface area contributed by atoms with Crippen molar-refractivity contribution in [3.8, 4) is 0 Å². The second-order valence-electron chi connectivity index (χ2n) is 8.38. The number of pyridine rings is 1. The van der Waals surface area contributed by atoms with E-state index in [1.54, 1.807) is 19.3 Å². The fourth-order valence-electron chi connectivity index (χ4n) is 4.15. The van der Waals surface area contributed by atoms with E-state index in [4.69, 9.17) is 0 Å². The normalized spacial score (nSPS) is 23.9. The SMILES string of the molecule is CN1CC(=O)N(c2ccc(N[C@H]3CC[C@H](Nc4ncc(C5CC5)cn4)C3)nc2)C1=O. The van der Waals surface area contributed by atoms with Crippen LogP contribution in [0, 0.1) is 0 Å². The smallest absolute Gasteiger partial charge is 0.331 e. The molecule has 1 saturated heterocycles. The summed E-state index contributed by atoms with van der Waals surface area (Å²) in [5, 5.41) is 6.88. The van der Waals surface area contributed by atoms with Gasteiger partial charge < -0.3 is 15.5 Å². The lowest BCUT2D eigenvalue weighted by molar-refractivity contribution is -0.116. The molecule has 9 heteroatoms. The Kier molecular flexibility index (Phi) is 4.72. The third-order valence-corrected chi connectivity index (χ3v) is 5.98. The molecule has 2 aromatic rings. The van der Waals surface area contributed by atoms with Crippen LogP contribution in [-0.4, -0.2) is 57.5 Å². The summed E-state index contributed by atoms with van der Waals surface area (Å²) in [6.07, 6.45) is 11.0. The van der Waals surface area contributed by atoms with Crippen molar-refractivity contribution in [2.24, 2.45) is 0 Å². The maximum absolute atomic E-state index is 12.1. The van der Waals surface area contributed by atoms with Crippen molar-refractivity contribution in [2.45, 2.75) is 50.1 Å². The van der Waals surface area contributed by atoms with Gasteiger partial charge in [-0.1, -0.05) is 0 Å². The van der Waals surface area contributed by atoms with E-state index < -0.39 is 0 Å². The highest BCUT2D eigenvalue weighted by molar-refractivity contribution is 6.19. The van der Waals surface area contributed by atoms with E-state index in [9.17, 15) is 9.59 Å². The molecule has 1 aliphatic heterocycles. The first-order chi connectivity index (χ1) is 14.6. The molecule has 5 rings (SSSR count). The molecule has 2 saturated carbocycles. The highest BCUT2D eigenvalue weighted by Gasteiger charge is 2.35. The fourth-order valence-corrected chi connectivity index (χ4v) is 4.15. The van der Waals surface area contributed by atoms with Gasteiger partial charge in [-0.3, -0.25) is 4.79 Å². The number of likely N-dealkylation sites (N-methyl/N-ethyl adjacent to an activating group) is 1. The minimum absolute atomic E-state index is 0.0995. The van der Waals surface area contributed by atoms with Crippen molar-refractivity contribution >= 4 is 29.4 Å². The monoisotopic (exact) mass is 407 g/mol. The zero-order valence-corrected chi connectivity index (χ0v) is 16.9. The van der Waals surface area contributed by atoms with Crippen LogP contribution in [0.4, 0.5) is 22.2 Å². The van der Waals surface area contributed by atoms with Gasteiger partial charge in [0.25, 0.3) is 5.91 Å². The molecule has 2 aromatic heterocycles. The molecular weight excluding hydrogens is 382 g/mol. The molecule has 0 radical (unpaired) electrons. The van der Waals surface area contributed by atoms with Crippen LogP contribution in [0.15, 0.2) is 30.7 Å². The van der Waals surface area contributed by atoms with Gasteiger partial charge in [-0.15, -0.1) is 0 Å². The molecule has 0 unspecified atom stereocenters. The molecule has 2 N–H and O–H groups in total. The number of nitrogens with one attached hydrogen (secondary N) is 2. The number of anilines is 3. The van der Waals surface area contributed by atoms with Crippen LogP contribution in [0.5, 0.6) is 0 Å². The number of aromatic nitrogens is 3. The Bertz CT molecular complexity index is 943. The summed E-state index contributed by atoms with van der Waals surface area (Å²) in [6.45, 7) is 0.0995. The van der Waals surface area contributed by atoms with E-state index in [-0.39, 0.29) is 18.5 Å². The van der Waals surface area contributed by atoms with Gasteiger partial charge in [0, 0.05) is 31.5 Å². The predicted molar refractivity (Wildman–Crippen MR) is 112 cm³/mol. The summed E-state index contributed by atoms with van der Waals surface area (Å²) in [5.74, 6) is 1.86. The van der Waals surface area contributed by atoms with Gasteiger partial charge in [0.1, 0.15) is 12.4 Å². The molecule has 0 spiro atoms.